The van der Waals surface area contributed by atoms with Gasteiger partial charge >= 0.3 is 0 Å². The van der Waals surface area contributed by atoms with Gasteiger partial charge in [0.2, 0.25) is 5.91 Å². The normalized spacial score (nSPS) is 28.0. The quantitative estimate of drug-likeness (QED) is 0.888. The Morgan fingerprint density at radius 2 is 2.13 bits per heavy atom. The van der Waals surface area contributed by atoms with E-state index in [1.807, 2.05) is 38.1 Å². The van der Waals surface area contributed by atoms with E-state index in [2.05, 4.69) is 15.1 Å². The summed E-state index contributed by atoms with van der Waals surface area (Å²) in [5.41, 5.74) is 1.12. The first kappa shape index (κ1) is 16.3. The van der Waals surface area contributed by atoms with Crippen molar-refractivity contribution in [1.29, 1.82) is 0 Å². The van der Waals surface area contributed by atoms with Gasteiger partial charge in [-0.2, -0.15) is 0 Å². The molecule has 0 aliphatic carbocycles. The molecule has 23 heavy (non-hydrogen) atoms. The Kier molecular flexibility index (Phi) is 5.18. The Morgan fingerprint density at radius 3 is 2.96 bits per heavy atom. The number of nitrogens with zero attached hydrogens (tertiary/aromatic N) is 2. The third kappa shape index (κ3) is 4.03. The lowest BCUT2D eigenvalue weighted by Gasteiger charge is -2.36. The van der Waals surface area contributed by atoms with Crippen molar-refractivity contribution in [2.24, 2.45) is 0 Å². The Hall–Kier alpha value is -1.59. The highest BCUT2D eigenvalue weighted by molar-refractivity contribution is 5.82. The lowest BCUT2D eigenvalue weighted by molar-refractivity contribution is -0.128. The van der Waals surface area contributed by atoms with Crippen molar-refractivity contribution < 1.29 is 9.53 Å². The molecule has 0 radical (unpaired) electrons. The summed E-state index contributed by atoms with van der Waals surface area (Å²) >= 11 is 0. The number of hydrogen-bond donors (Lipinski definition) is 1. The summed E-state index contributed by atoms with van der Waals surface area (Å²) in [5.74, 6) is 1.02. The van der Waals surface area contributed by atoms with Crippen LogP contribution < -0.4 is 10.1 Å². The van der Waals surface area contributed by atoms with E-state index in [1.165, 1.54) is 0 Å². The van der Waals surface area contributed by atoms with Crippen molar-refractivity contribution in [3.8, 4) is 5.75 Å². The van der Waals surface area contributed by atoms with Gasteiger partial charge < -0.3 is 10.1 Å². The van der Waals surface area contributed by atoms with Crippen LogP contribution in [0.1, 0.15) is 18.9 Å². The van der Waals surface area contributed by atoms with E-state index >= 15 is 0 Å². The summed E-state index contributed by atoms with van der Waals surface area (Å²) in [4.78, 5) is 17.3. The molecule has 5 heteroatoms. The van der Waals surface area contributed by atoms with Gasteiger partial charge in [0.15, 0.2) is 0 Å². The summed E-state index contributed by atoms with van der Waals surface area (Å²) in [7, 11) is 0. The van der Waals surface area contributed by atoms with Crippen molar-refractivity contribution in [3.63, 3.8) is 0 Å². The number of aryl methyl sites for hydroxylation is 1. The number of piperazine rings is 1. The average molecular weight is 317 g/mol. The zero-order chi connectivity index (χ0) is 16.2. The standard InChI is InChI=1S/C18H27N3O2/c1-14-6-3-4-7-17(14)23-15(2)12-19-18(22)16-13-20-8-5-9-21(16)11-10-20/h3-4,6-7,15-16H,5,8-13H2,1-2H3,(H,19,22). The van der Waals surface area contributed by atoms with E-state index in [0.717, 1.165) is 50.5 Å². The minimum absolute atomic E-state index is 0.00286. The molecule has 5 nitrogen and oxygen atoms in total. The largest absolute Gasteiger partial charge is 0.489 e. The summed E-state index contributed by atoms with van der Waals surface area (Å²) in [6.07, 6.45) is 1.12. The maximum absolute atomic E-state index is 12.5. The molecule has 126 valence electrons. The summed E-state index contributed by atoms with van der Waals surface area (Å²) in [6, 6.07) is 7.97. The van der Waals surface area contributed by atoms with E-state index < -0.39 is 0 Å². The molecule has 0 spiro atoms. The van der Waals surface area contributed by atoms with E-state index in [1.54, 1.807) is 0 Å². The van der Waals surface area contributed by atoms with Gasteiger partial charge in [-0.3, -0.25) is 14.6 Å². The molecule has 1 aromatic carbocycles. The molecule has 3 heterocycles. The number of hydrogen-bond acceptors (Lipinski definition) is 4. The second kappa shape index (κ2) is 7.32. The Morgan fingerprint density at radius 1 is 1.30 bits per heavy atom. The number of rotatable bonds is 5. The highest BCUT2D eigenvalue weighted by atomic mass is 16.5. The van der Waals surface area contributed by atoms with E-state index in [9.17, 15) is 4.79 Å². The van der Waals surface area contributed by atoms with E-state index in [-0.39, 0.29) is 18.1 Å². The van der Waals surface area contributed by atoms with Crippen LogP contribution in [0.3, 0.4) is 0 Å². The lowest BCUT2D eigenvalue weighted by atomic mass is 10.1. The highest BCUT2D eigenvalue weighted by Gasteiger charge is 2.34. The second-order valence-corrected chi connectivity index (χ2v) is 6.65. The van der Waals surface area contributed by atoms with Crippen LogP contribution >= 0.6 is 0 Å². The summed E-state index contributed by atoms with van der Waals surface area (Å²) in [6.45, 7) is 9.68. The molecule has 3 aliphatic rings. The summed E-state index contributed by atoms with van der Waals surface area (Å²) < 4.78 is 5.93. The molecule has 4 atom stereocenters. The van der Waals surface area contributed by atoms with Crippen LogP contribution in [0.25, 0.3) is 0 Å². The highest BCUT2D eigenvalue weighted by Crippen LogP contribution is 2.18. The van der Waals surface area contributed by atoms with Gasteiger partial charge in [-0.15, -0.1) is 0 Å². The van der Waals surface area contributed by atoms with Crippen molar-refractivity contribution in [3.05, 3.63) is 29.8 Å². The number of amides is 1. The van der Waals surface area contributed by atoms with Crippen LogP contribution in [0, 0.1) is 6.92 Å². The predicted molar refractivity (Wildman–Crippen MR) is 90.7 cm³/mol. The van der Waals surface area contributed by atoms with Crippen molar-refractivity contribution in [2.45, 2.75) is 32.4 Å². The minimum atomic E-state index is -0.0432. The van der Waals surface area contributed by atoms with Crippen LogP contribution in [0.2, 0.25) is 0 Å². The topological polar surface area (TPSA) is 44.8 Å². The molecule has 1 amide bonds. The smallest absolute Gasteiger partial charge is 0.238 e. The van der Waals surface area contributed by atoms with Gasteiger partial charge in [-0.1, -0.05) is 18.2 Å². The van der Waals surface area contributed by atoms with Crippen LogP contribution in [-0.4, -0.2) is 67.1 Å². The van der Waals surface area contributed by atoms with Crippen molar-refractivity contribution >= 4 is 5.91 Å². The minimum Gasteiger partial charge on any atom is -0.489 e. The molecular weight excluding hydrogens is 290 g/mol. The molecular formula is C18H27N3O2. The van der Waals surface area contributed by atoms with Gasteiger partial charge in [0.05, 0.1) is 6.54 Å². The molecule has 3 fully saturated rings. The van der Waals surface area contributed by atoms with Crippen molar-refractivity contribution in [2.75, 3.05) is 39.3 Å². The van der Waals surface area contributed by atoms with E-state index in [0.29, 0.717) is 6.54 Å². The number of carbonyl (C=O) groups is 1. The zero-order valence-corrected chi connectivity index (χ0v) is 14.1. The third-order valence-electron chi connectivity index (χ3n) is 4.78. The van der Waals surface area contributed by atoms with Crippen LogP contribution in [0.4, 0.5) is 0 Å². The molecule has 4 unspecified atom stereocenters. The fourth-order valence-electron chi connectivity index (χ4n) is 3.40. The number of nitrogens with one attached hydrogen (secondary N) is 1. The Bertz CT molecular complexity index is 545. The molecule has 4 rings (SSSR count). The predicted octanol–water partition coefficient (Wildman–Crippen LogP) is 1.27. The molecule has 3 aliphatic heterocycles. The van der Waals surface area contributed by atoms with E-state index in [4.69, 9.17) is 4.74 Å². The van der Waals surface area contributed by atoms with Crippen LogP contribution in [0.15, 0.2) is 24.3 Å². The summed E-state index contributed by atoms with van der Waals surface area (Å²) in [5, 5.41) is 3.07. The lowest BCUT2D eigenvalue weighted by Crippen LogP contribution is -2.57. The third-order valence-corrected chi connectivity index (χ3v) is 4.78. The second-order valence-electron chi connectivity index (χ2n) is 6.65. The fourth-order valence-corrected chi connectivity index (χ4v) is 3.40. The van der Waals surface area contributed by atoms with Gasteiger partial charge in [0.25, 0.3) is 0 Å². The zero-order valence-electron chi connectivity index (χ0n) is 14.1. The Balaban J connectivity index is 1.50. The van der Waals surface area contributed by atoms with Gasteiger partial charge in [0, 0.05) is 26.2 Å². The monoisotopic (exact) mass is 317 g/mol. The molecule has 0 saturated carbocycles. The average Bonchev–Trinajstić information content (AvgIpc) is 2.90. The van der Waals surface area contributed by atoms with Crippen LogP contribution in [0.5, 0.6) is 5.75 Å². The molecule has 0 aromatic heterocycles. The number of ether oxygens (including phenoxy) is 1. The van der Waals surface area contributed by atoms with Gasteiger partial charge in [-0.25, -0.2) is 0 Å². The molecule has 1 N–H and O–H groups in total. The SMILES string of the molecule is Cc1ccccc1OC(C)CNC(=O)C1CN2CCCN1CC2. The van der Waals surface area contributed by atoms with Crippen LogP contribution in [-0.2, 0) is 4.79 Å². The fraction of sp³-hybridized carbons (Fsp3) is 0.611. The van der Waals surface area contributed by atoms with Gasteiger partial charge in [-0.05, 0) is 38.4 Å². The maximum atomic E-state index is 12.5. The number of benzene rings is 1. The maximum Gasteiger partial charge on any atom is 0.238 e. The van der Waals surface area contributed by atoms with Crippen molar-refractivity contribution in [1.82, 2.24) is 15.1 Å². The van der Waals surface area contributed by atoms with Gasteiger partial charge in [0.1, 0.15) is 17.9 Å². The Labute approximate surface area is 138 Å². The molecule has 2 bridgehead atoms. The first-order chi connectivity index (χ1) is 11.1. The number of carbonyl (C=O) groups excluding carboxylic acids is 1. The first-order valence-electron chi connectivity index (χ1n) is 8.60. The molecule has 3 saturated heterocycles. The number of fused-ring (bicyclic) bond motifs is 4. The first-order valence-corrected chi connectivity index (χ1v) is 8.60. The molecule has 1 aromatic rings. The number of para-hydroxylation sites is 1.